The molecule has 15 aromatic rings. The molecule has 3 heterocycles. The van der Waals surface area contributed by atoms with E-state index < -0.39 is 0 Å². The summed E-state index contributed by atoms with van der Waals surface area (Å²) >= 11 is 0. The topological polar surface area (TPSA) is 48.5 Å². The molecule has 0 radical (unpaired) electrons. The minimum Gasteiger partial charge on any atom is -0.309 e. The van der Waals surface area contributed by atoms with Crippen molar-refractivity contribution in [2.45, 2.75) is 20.8 Å². The van der Waals surface area contributed by atoms with E-state index in [1.165, 1.54) is 49.4 Å². The molecule has 3 aromatic heterocycles. The van der Waals surface area contributed by atoms with E-state index in [0.717, 1.165) is 94.6 Å². The molecule has 0 amide bonds. The van der Waals surface area contributed by atoms with Crippen molar-refractivity contribution < 1.29 is 0 Å². The minimum absolute atomic E-state index is 0.578. The Kier molecular flexibility index (Phi) is 12.1. The van der Waals surface area contributed by atoms with Crippen LogP contribution in [0.5, 0.6) is 0 Å². The Balaban J connectivity index is 1.01. The molecule has 392 valence electrons. The van der Waals surface area contributed by atoms with Crippen molar-refractivity contribution >= 4 is 43.6 Å². The van der Waals surface area contributed by atoms with Crippen LogP contribution in [0.2, 0.25) is 0 Å². The summed E-state index contributed by atoms with van der Waals surface area (Å²) in [5.41, 5.74) is 24.4. The Bertz CT molecular complexity index is 4710. The molecule has 5 nitrogen and oxygen atoms in total. The predicted octanol–water partition coefficient (Wildman–Crippen LogP) is 20.3. The van der Waals surface area contributed by atoms with Crippen molar-refractivity contribution in [3.8, 4) is 101 Å². The Morgan fingerprint density at radius 1 is 0.253 bits per heavy atom. The van der Waals surface area contributed by atoms with Gasteiger partial charge in [-0.25, -0.2) is 15.0 Å². The molecule has 0 spiro atoms. The highest BCUT2D eigenvalue weighted by Crippen LogP contribution is 2.46. The molecule has 0 fully saturated rings. The summed E-state index contributed by atoms with van der Waals surface area (Å²) in [7, 11) is 0. The first-order valence-electron chi connectivity index (χ1n) is 28.4. The smallest absolute Gasteiger partial charge is 0.164 e. The highest BCUT2D eigenvalue weighted by Gasteiger charge is 2.25. The van der Waals surface area contributed by atoms with Crippen LogP contribution in [0.25, 0.3) is 145 Å². The van der Waals surface area contributed by atoms with E-state index in [1.54, 1.807) is 0 Å². The van der Waals surface area contributed by atoms with Crippen molar-refractivity contribution in [1.29, 1.82) is 0 Å². The van der Waals surface area contributed by atoms with Gasteiger partial charge in [0.2, 0.25) is 0 Å². The Morgan fingerprint density at radius 3 is 1.13 bits per heavy atom. The average Bonchev–Trinajstić information content (AvgIpc) is 4.27. The monoisotopic (exact) mass is 1060 g/mol. The molecule has 0 N–H and O–H groups in total. The molecule has 0 aliphatic rings. The summed E-state index contributed by atoms with van der Waals surface area (Å²) in [6.07, 6.45) is 0. The van der Waals surface area contributed by atoms with Gasteiger partial charge in [0.05, 0.1) is 27.8 Å². The van der Waals surface area contributed by atoms with E-state index in [9.17, 15) is 0 Å². The van der Waals surface area contributed by atoms with Gasteiger partial charge >= 0.3 is 0 Å². The van der Waals surface area contributed by atoms with Crippen LogP contribution < -0.4 is 0 Å². The third-order valence-electron chi connectivity index (χ3n) is 16.5. The summed E-state index contributed by atoms with van der Waals surface area (Å²) in [4.78, 5) is 16.2. The van der Waals surface area contributed by atoms with E-state index in [2.05, 4.69) is 297 Å². The zero-order valence-electron chi connectivity index (χ0n) is 46.3. The molecule has 12 aromatic carbocycles. The van der Waals surface area contributed by atoms with Crippen molar-refractivity contribution in [2.75, 3.05) is 0 Å². The van der Waals surface area contributed by atoms with Gasteiger partial charge in [0.25, 0.3) is 0 Å². The van der Waals surface area contributed by atoms with Crippen molar-refractivity contribution in [3.63, 3.8) is 0 Å². The van der Waals surface area contributed by atoms with Crippen LogP contribution in [0.4, 0.5) is 0 Å². The van der Waals surface area contributed by atoms with Gasteiger partial charge in [0.1, 0.15) is 0 Å². The van der Waals surface area contributed by atoms with Crippen LogP contribution in [-0.2, 0) is 0 Å². The lowest BCUT2D eigenvalue weighted by Gasteiger charge is -2.21. The lowest BCUT2D eigenvalue weighted by atomic mass is 9.92. The first-order chi connectivity index (χ1) is 40.9. The highest BCUT2D eigenvalue weighted by molar-refractivity contribution is 6.14. The molecular formula is C78H55N5. The lowest BCUT2D eigenvalue weighted by molar-refractivity contribution is 1.07. The largest absolute Gasteiger partial charge is 0.309 e. The molecule has 0 aliphatic heterocycles. The van der Waals surface area contributed by atoms with E-state index in [0.29, 0.717) is 17.5 Å². The third kappa shape index (κ3) is 8.78. The van der Waals surface area contributed by atoms with Crippen LogP contribution in [0.3, 0.4) is 0 Å². The first kappa shape index (κ1) is 49.3. The summed E-state index contributed by atoms with van der Waals surface area (Å²) in [6, 6.07) is 101. The SMILES string of the molecule is Cc1cc(C)c(-c2ccc3c(c2)c2ccc(-n4c5ccccc5c5ccccc54)cc2n3-c2c(-c3ccccc3)cc(-c3nc(-c4ccc(-c5ccccc5)cc4)nc(-c4ccc(-c5ccccc5)cc4)n3)cc2-c2ccccc2)c(C)c1. The maximum Gasteiger partial charge on any atom is 0.164 e. The maximum atomic E-state index is 5.44. The van der Waals surface area contributed by atoms with Gasteiger partial charge in [0.15, 0.2) is 17.5 Å². The average molecular weight is 1060 g/mol. The maximum absolute atomic E-state index is 5.44. The second-order valence-electron chi connectivity index (χ2n) is 21.8. The number of nitrogens with zero attached hydrogens (tertiary/aromatic N) is 5. The third-order valence-corrected chi connectivity index (χ3v) is 16.5. The summed E-state index contributed by atoms with van der Waals surface area (Å²) in [6.45, 7) is 6.66. The van der Waals surface area contributed by atoms with Crippen LogP contribution >= 0.6 is 0 Å². The molecule has 0 atom stereocenters. The van der Waals surface area contributed by atoms with Gasteiger partial charge < -0.3 is 9.13 Å². The number of aromatic nitrogens is 5. The minimum atomic E-state index is 0.578. The number of benzene rings is 12. The lowest BCUT2D eigenvalue weighted by Crippen LogP contribution is -2.04. The van der Waals surface area contributed by atoms with E-state index in [-0.39, 0.29) is 0 Å². The molecular weight excluding hydrogens is 1010 g/mol. The second kappa shape index (κ2) is 20.4. The normalized spacial score (nSPS) is 11.6. The van der Waals surface area contributed by atoms with Gasteiger partial charge in [-0.3, -0.25) is 0 Å². The molecule has 0 saturated carbocycles. The fraction of sp³-hybridized carbons (Fsp3) is 0.0385. The van der Waals surface area contributed by atoms with Gasteiger partial charge in [0, 0.05) is 55.0 Å². The van der Waals surface area contributed by atoms with Gasteiger partial charge in [-0.1, -0.05) is 236 Å². The summed E-state index contributed by atoms with van der Waals surface area (Å²) in [5, 5.41) is 4.79. The number of rotatable bonds is 10. The highest BCUT2D eigenvalue weighted by atomic mass is 15.0. The molecule has 15 rings (SSSR count). The first-order valence-corrected chi connectivity index (χ1v) is 28.4. The van der Waals surface area contributed by atoms with Crippen molar-refractivity contribution in [2.24, 2.45) is 0 Å². The zero-order chi connectivity index (χ0) is 55.5. The molecule has 0 bridgehead atoms. The molecule has 83 heavy (non-hydrogen) atoms. The summed E-state index contributed by atoms with van der Waals surface area (Å²) < 4.78 is 4.96. The van der Waals surface area contributed by atoms with E-state index in [1.807, 2.05) is 12.1 Å². The van der Waals surface area contributed by atoms with Gasteiger partial charge in [-0.2, -0.15) is 0 Å². The van der Waals surface area contributed by atoms with Crippen LogP contribution in [0.15, 0.2) is 279 Å². The zero-order valence-corrected chi connectivity index (χ0v) is 46.3. The Hall–Kier alpha value is -10.8. The second-order valence-corrected chi connectivity index (χ2v) is 21.8. The summed E-state index contributed by atoms with van der Waals surface area (Å²) in [5.74, 6) is 1.77. The molecule has 0 aliphatic carbocycles. The fourth-order valence-corrected chi connectivity index (χ4v) is 12.7. The number of hydrogen-bond acceptors (Lipinski definition) is 3. The molecule has 0 saturated heterocycles. The van der Waals surface area contributed by atoms with Crippen molar-refractivity contribution in [1.82, 2.24) is 24.1 Å². The van der Waals surface area contributed by atoms with Crippen LogP contribution in [0, 0.1) is 20.8 Å². The number of aryl methyl sites for hydroxylation is 3. The fourth-order valence-electron chi connectivity index (χ4n) is 12.7. The standard InChI is InChI=1S/C78H55N5/c1-50-44-51(2)74(52(3)45-50)61-40-43-72-69(46-61)66-42-41-63(82-70-30-18-16-28-64(70)65-29-17-19-31-71(65)82)49-73(66)83(72)75-67(57-24-12-6-13-25-57)47-62(48-68(75)58-26-14-7-15-27-58)78-80-76(59-36-32-55(33-37-59)53-20-8-4-9-21-53)79-77(81-78)60-38-34-56(35-39-60)54-22-10-5-11-23-54/h4-49H,1-3H3. The van der Waals surface area contributed by atoms with Crippen LogP contribution in [-0.4, -0.2) is 24.1 Å². The predicted molar refractivity (Wildman–Crippen MR) is 346 cm³/mol. The number of fused-ring (bicyclic) bond motifs is 6. The van der Waals surface area contributed by atoms with Crippen LogP contribution in [0.1, 0.15) is 16.7 Å². The Morgan fingerprint density at radius 2 is 0.639 bits per heavy atom. The van der Waals surface area contributed by atoms with Gasteiger partial charge in [-0.15, -0.1) is 0 Å². The molecule has 5 heteroatoms. The molecule has 0 unspecified atom stereocenters. The Labute approximate surface area is 482 Å². The van der Waals surface area contributed by atoms with Gasteiger partial charge in [-0.05, 0) is 125 Å². The number of hydrogen-bond donors (Lipinski definition) is 0. The van der Waals surface area contributed by atoms with E-state index >= 15 is 0 Å². The number of para-hydroxylation sites is 2. The quantitative estimate of drug-likeness (QED) is 0.137. The van der Waals surface area contributed by atoms with Crippen molar-refractivity contribution in [3.05, 3.63) is 296 Å². The van der Waals surface area contributed by atoms with E-state index in [4.69, 9.17) is 15.0 Å².